The second kappa shape index (κ2) is 3.53. The van der Waals surface area contributed by atoms with Crippen LogP contribution in [-0.4, -0.2) is 11.4 Å². The monoisotopic (exact) mass is 166 g/mol. The van der Waals surface area contributed by atoms with E-state index >= 15 is 0 Å². The summed E-state index contributed by atoms with van der Waals surface area (Å²) in [6, 6.07) is 0. The summed E-state index contributed by atoms with van der Waals surface area (Å²) in [6.45, 7) is 2.04. The van der Waals surface area contributed by atoms with Crippen LogP contribution in [0.1, 0.15) is 13.3 Å². The Hall–Kier alpha value is -0.830. The molecule has 0 saturated carbocycles. The van der Waals surface area contributed by atoms with Gasteiger partial charge in [-0.05, 0) is 30.9 Å². The molecule has 3 heteroatoms. The highest BCUT2D eigenvalue weighted by Gasteiger charge is 2.10. The maximum atomic E-state index is 7.47. The van der Waals surface area contributed by atoms with Crippen LogP contribution < -0.4 is 0 Å². The van der Waals surface area contributed by atoms with Crippen LogP contribution in [-0.2, 0) is 0 Å². The van der Waals surface area contributed by atoms with Gasteiger partial charge in [-0.1, -0.05) is 19.1 Å². The number of rotatable bonds is 1. The zero-order valence-corrected chi connectivity index (χ0v) is 7.23. The minimum atomic E-state index is 0.444. The van der Waals surface area contributed by atoms with Gasteiger partial charge >= 0.3 is 0 Å². The summed E-state index contributed by atoms with van der Waals surface area (Å²) in [5.74, 6) is 0. The van der Waals surface area contributed by atoms with Gasteiger partial charge in [0.2, 0.25) is 0 Å². The Morgan fingerprint density at radius 2 is 2.36 bits per heavy atom. The second-order valence-corrected chi connectivity index (χ2v) is 2.47. The third kappa shape index (κ3) is 1.60. The molecule has 0 atom stereocenters. The molecule has 0 aromatic rings. The van der Waals surface area contributed by atoms with Crippen molar-refractivity contribution in [1.29, 1.82) is 5.41 Å². The molecule has 0 aromatic carbocycles. The van der Waals surface area contributed by atoms with Crippen molar-refractivity contribution >= 4 is 24.2 Å². The van der Waals surface area contributed by atoms with E-state index in [1.165, 1.54) is 0 Å². The first-order chi connectivity index (χ1) is 5.29. The van der Waals surface area contributed by atoms with Gasteiger partial charge in [0.25, 0.3) is 0 Å². The molecule has 0 aliphatic heterocycles. The van der Waals surface area contributed by atoms with Crippen molar-refractivity contribution in [2.24, 2.45) is 4.40 Å². The van der Waals surface area contributed by atoms with Crippen LogP contribution in [0.3, 0.4) is 0 Å². The van der Waals surface area contributed by atoms with E-state index in [0.717, 1.165) is 12.0 Å². The van der Waals surface area contributed by atoms with E-state index in [4.69, 9.17) is 5.41 Å². The van der Waals surface area contributed by atoms with Gasteiger partial charge in [0.05, 0.1) is 11.4 Å². The van der Waals surface area contributed by atoms with Crippen molar-refractivity contribution in [1.82, 2.24) is 0 Å². The van der Waals surface area contributed by atoms with Crippen LogP contribution in [0.4, 0.5) is 0 Å². The average Bonchev–Trinajstić information content (AvgIpc) is 2.04. The van der Waals surface area contributed by atoms with Gasteiger partial charge in [0.15, 0.2) is 0 Å². The zero-order valence-electron chi connectivity index (χ0n) is 6.33. The molecule has 0 aromatic heterocycles. The van der Waals surface area contributed by atoms with E-state index < -0.39 is 0 Å². The third-order valence-corrected chi connectivity index (χ3v) is 1.80. The molecule has 1 aliphatic carbocycles. The maximum Gasteiger partial charge on any atom is 0.0990 e. The molecular weight excluding hydrogens is 156 g/mol. The van der Waals surface area contributed by atoms with Crippen molar-refractivity contribution in [3.8, 4) is 0 Å². The van der Waals surface area contributed by atoms with Gasteiger partial charge < -0.3 is 0 Å². The summed E-state index contributed by atoms with van der Waals surface area (Å²) in [5, 5.41) is 7.47. The Bertz CT molecular complexity index is 261. The topological polar surface area (TPSA) is 36.2 Å². The van der Waals surface area contributed by atoms with Crippen LogP contribution in [0.15, 0.2) is 28.2 Å². The maximum absolute atomic E-state index is 7.47. The minimum Gasteiger partial charge on any atom is -0.299 e. The summed E-state index contributed by atoms with van der Waals surface area (Å²) < 4.78 is 3.75. The van der Waals surface area contributed by atoms with Crippen molar-refractivity contribution in [3.63, 3.8) is 0 Å². The van der Waals surface area contributed by atoms with E-state index in [2.05, 4.69) is 17.2 Å². The van der Waals surface area contributed by atoms with Gasteiger partial charge in [-0.2, -0.15) is 0 Å². The van der Waals surface area contributed by atoms with Crippen LogP contribution >= 0.6 is 12.8 Å². The van der Waals surface area contributed by atoms with Gasteiger partial charge in [-0.25, -0.2) is 4.40 Å². The number of allylic oxidation sites excluding steroid dienone is 4. The van der Waals surface area contributed by atoms with Crippen molar-refractivity contribution in [3.05, 3.63) is 23.8 Å². The number of thiol groups is 1. The van der Waals surface area contributed by atoms with Crippen molar-refractivity contribution in [2.75, 3.05) is 0 Å². The summed E-state index contributed by atoms with van der Waals surface area (Å²) in [4.78, 5) is 0. The smallest absolute Gasteiger partial charge is 0.0990 e. The number of hydrogen-bond acceptors (Lipinski definition) is 3. The summed E-state index contributed by atoms with van der Waals surface area (Å²) in [6.07, 6.45) is 6.44. The summed E-state index contributed by atoms with van der Waals surface area (Å²) in [7, 11) is 0. The molecule has 0 heterocycles. The van der Waals surface area contributed by atoms with Crippen LogP contribution in [0.25, 0.3) is 0 Å². The van der Waals surface area contributed by atoms with Gasteiger partial charge in [0, 0.05) is 0 Å². The Morgan fingerprint density at radius 3 is 2.82 bits per heavy atom. The molecule has 0 saturated heterocycles. The molecule has 2 nitrogen and oxygen atoms in total. The first kappa shape index (κ1) is 8.27. The summed E-state index contributed by atoms with van der Waals surface area (Å²) in [5.41, 5.74) is 2.21. The first-order valence-corrected chi connectivity index (χ1v) is 3.88. The molecular formula is C8H10N2S. The van der Waals surface area contributed by atoms with Crippen molar-refractivity contribution in [2.45, 2.75) is 13.3 Å². The highest BCUT2D eigenvalue weighted by atomic mass is 32.1. The highest BCUT2D eigenvalue weighted by Crippen LogP contribution is 2.11. The molecule has 0 unspecified atom stereocenters. The fourth-order valence-corrected chi connectivity index (χ4v) is 1.23. The Morgan fingerprint density at radius 1 is 1.64 bits per heavy atom. The molecule has 0 amide bonds. The molecule has 1 N–H and O–H groups in total. The van der Waals surface area contributed by atoms with Gasteiger partial charge in [-0.15, -0.1) is 0 Å². The molecule has 0 radical (unpaired) electrons. The lowest BCUT2D eigenvalue weighted by atomic mass is 9.99. The molecule has 0 fully saturated rings. The van der Waals surface area contributed by atoms with E-state index in [0.29, 0.717) is 11.4 Å². The lowest BCUT2D eigenvalue weighted by Gasteiger charge is -2.09. The Balaban J connectivity index is 3.00. The van der Waals surface area contributed by atoms with Crippen LogP contribution in [0, 0.1) is 5.41 Å². The predicted octanol–water partition coefficient (Wildman–Crippen LogP) is 2.20. The summed E-state index contributed by atoms with van der Waals surface area (Å²) >= 11 is 3.81. The third-order valence-electron chi connectivity index (χ3n) is 1.60. The fraction of sp³-hybridized carbons (Fsp3) is 0.250. The molecule has 11 heavy (non-hydrogen) atoms. The standard InChI is InChI=1S/C8H10N2S/c1-2-6-4-3-5-7(9)8(6)10-11/h3-5,9,11H,2H2,1H3/b9-7?,10-8-. The van der Waals surface area contributed by atoms with Crippen LogP contribution in [0.2, 0.25) is 0 Å². The first-order valence-electron chi connectivity index (χ1n) is 3.48. The normalized spacial score (nSPS) is 20.7. The average molecular weight is 166 g/mol. The molecule has 0 bridgehead atoms. The fourth-order valence-electron chi connectivity index (χ4n) is 0.995. The van der Waals surface area contributed by atoms with E-state index in [9.17, 15) is 0 Å². The second-order valence-electron chi connectivity index (χ2n) is 2.27. The Kier molecular flexibility index (Phi) is 2.65. The number of nitrogens with one attached hydrogen (secondary N) is 1. The van der Waals surface area contributed by atoms with Gasteiger partial charge in [0.1, 0.15) is 0 Å². The molecule has 58 valence electrons. The van der Waals surface area contributed by atoms with E-state index in [1.54, 1.807) is 6.08 Å². The largest absolute Gasteiger partial charge is 0.299 e. The quantitative estimate of drug-likeness (QED) is 0.442. The molecule has 0 spiro atoms. The zero-order chi connectivity index (χ0) is 8.27. The number of nitrogens with zero attached hydrogens (tertiary/aromatic N) is 1. The van der Waals surface area contributed by atoms with Crippen molar-refractivity contribution < 1.29 is 0 Å². The Labute approximate surface area is 71.8 Å². The van der Waals surface area contributed by atoms with E-state index in [-0.39, 0.29) is 0 Å². The lowest BCUT2D eigenvalue weighted by molar-refractivity contribution is 1.17. The predicted molar refractivity (Wildman–Crippen MR) is 51.7 cm³/mol. The highest BCUT2D eigenvalue weighted by molar-refractivity contribution is 7.79. The molecule has 1 aliphatic rings. The SMILES string of the molecule is CCC1=CC=CC(=N)/C1=N\S. The van der Waals surface area contributed by atoms with E-state index in [1.807, 2.05) is 19.1 Å². The van der Waals surface area contributed by atoms with Gasteiger partial charge in [-0.3, -0.25) is 5.41 Å². The number of hydrogen-bond donors (Lipinski definition) is 2. The molecule has 1 rings (SSSR count). The minimum absolute atomic E-state index is 0.444. The van der Waals surface area contributed by atoms with Crippen LogP contribution in [0.5, 0.6) is 0 Å². The lowest BCUT2D eigenvalue weighted by Crippen LogP contribution is -2.14.